The summed E-state index contributed by atoms with van der Waals surface area (Å²) in [6.07, 6.45) is 0. The van der Waals surface area contributed by atoms with Crippen molar-refractivity contribution in [1.29, 1.82) is 0 Å². The smallest absolute Gasteiger partial charge is 0.256 e. The zero-order chi connectivity index (χ0) is 22.3. The van der Waals surface area contributed by atoms with Crippen LogP contribution in [0.2, 0.25) is 0 Å². The first kappa shape index (κ1) is 21.3. The number of nitrogens with zero attached hydrogens (tertiary/aromatic N) is 1. The first-order chi connectivity index (χ1) is 14.8. The van der Waals surface area contributed by atoms with Crippen molar-refractivity contribution in [2.75, 3.05) is 5.32 Å². The highest BCUT2D eigenvalue weighted by Crippen LogP contribution is 2.33. The van der Waals surface area contributed by atoms with Gasteiger partial charge in [-0.2, -0.15) is 0 Å². The van der Waals surface area contributed by atoms with Crippen molar-refractivity contribution in [3.8, 4) is 11.3 Å². The zero-order valence-electron chi connectivity index (χ0n) is 18.4. The van der Waals surface area contributed by atoms with E-state index in [2.05, 4.69) is 47.2 Å². The molecule has 0 radical (unpaired) electrons. The third-order valence-electron chi connectivity index (χ3n) is 5.70. The lowest BCUT2D eigenvalue weighted by atomic mass is 9.94. The Balaban J connectivity index is 1.94. The Morgan fingerprint density at radius 1 is 0.871 bits per heavy atom. The van der Waals surface area contributed by atoms with E-state index < -0.39 is 0 Å². The Hall–Kier alpha value is -2.98. The van der Waals surface area contributed by atoms with Gasteiger partial charge in [-0.15, -0.1) is 0 Å². The molecule has 0 fully saturated rings. The van der Waals surface area contributed by atoms with Crippen molar-refractivity contribution in [2.45, 2.75) is 34.6 Å². The maximum absolute atomic E-state index is 13.7. The van der Waals surface area contributed by atoms with Crippen molar-refractivity contribution < 1.29 is 4.79 Å². The molecule has 1 heterocycles. The first-order valence-corrected chi connectivity index (χ1v) is 11.1. The number of hydrogen-bond acceptors (Lipinski definition) is 2. The lowest BCUT2D eigenvalue weighted by Gasteiger charge is -2.17. The molecule has 0 saturated carbocycles. The normalized spacial score (nSPS) is 11.0. The number of nitrogens with one attached hydrogen (secondary N) is 1. The lowest BCUT2D eigenvalue weighted by molar-refractivity contribution is 0.102. The number of amides is 1. The van der Waals surface area contributed by atoms with Crippen molar-refractivity contribution in [1.82, 2.24) is 4.98 Å². The quantitative estimate of drug-likeness (QED) is 0.336. The Morgan fingerprint density at radius 2 is 1.58 bits per heavy atom. The summed E-state index contributed by atoms with van der Waals surface area (Å²) in [5, 5.41) is 4.05. The van der Waals surface area contributed by atoms with Crippen LogP contribution in [-0.4, -0.2) is 10.9 Å². The van der Waals surface area contributed by atoms with Gasteiger partial charge in [-0.25, -0.2) is 4.98 Å². The molecule has 0 unspecified atom stereocenters. The van der Waals surface area contributed by atoms with Gasteiger partial charge in [-0.05, 0) is 75.1 Å². The van der Waals surface area contributed by atoms with Gasteiger partial charge in [-0.1, -0.05) is 57.9 Å². The van der Waals surface area contributed by atoms with Gasteiger partial charge in [0.25, 0.3) is 5.91 Å². The molecule has 0 aliphatic rings. The van der Waals surface area contributed by atoms with Gasteiger partial charge in [0.15, 0.2) is 0 Å². The number of carbonyl (C=O) groups excluding carboxylic acids is 1. The topological polar surface area (TPSA) is 42.0 Å². The molecule has 0 atom stereocenters. The summed E-state index contributed by atoms with van der Waals surface area (Å²) in [4.78, 5) is 18.6. The van der Waals surface area contributed by atoms with Crippen LogP contribution in [0.1, 0.15) is 38.2 Å². The fourth-order valence-electron chi connectivity index (χ4n) is 4.09. The predicted molar refractivity (Wildman–Crippen MR) is 133 cm³/mol. The van der Waals surface area contributed by atoms with Crippen molar-refractivity contribution >= 4 is 38.4 Å². The van der Waals surface area contributed by atoms with E-state index in [1.165, 1.54) is 0 Å². The second-order valence-electron chi connectivity index (χ2n) is 8.17. The van der Waals surface area contributed by atoms with Gasteiger partial charge >= 0.3 is 0 Å². The molecule has 4 aromatic rings. The van der Waals surface area contributed by atoms with E-state index in [0.29, 0.717) is 5.56 Å². The fourth-order valence-corrected chi connectivity index (χ4v) is 4.54. The number of rotatable bonds is 3. The average Bonchev–Trinajstić information content (AvgIpc) is 2.72. The first-order valence-electron chi connectivity index (χ1n) is 10.3. The van der Waals surface area contributed by atoms with E-state index in [4.69, 9.17) is 4.98 Å². The van der Waals surface area contributed by atoms with Crippen LogP contribution in [0.15, 0.2) is 59.1 Å². The molecule has 1 aromatic heterocycles. The van der Waals surface area contributed by atoms with Crippen LogP contribution in [-0.2, 0) is 0 Å². The fraction of sp³-hybridized carbons (Fsp3) is 0.185. The van der Waals surface area contributed by atoms with E-state index in [0.717, 1.165) is 60.1 Å². The highest BCUT2D eigenvalue weighted by molar-refractivity contribution is 9.10. The number of hydrogen-bond donors (Lipinski definition) is 1. The van der Waals surface area contributed by atoms with Gasteiger partial charge < -0.3 is 5.32 Å². The zero-order valence-corrected chi connectivity index (χ0v) is 20.0. The third-order valence-corrected chi connectivity index (χ3v) is 6.55. The molecular formula is C27H25BrN2O. The summed E-state index contributed by atoms with van der Waals surface area (Å²) >= 11 is 3.57. The van der Waals surface area contributed by atoms with Crippen LogP contribution in [0.5, 0.6) is 0 Å². The minimum Gasteiger partial charge on any atom is -0.322 e. The molecule has 0 bridgehead atoms. The second-order valence-corrected chi connectivity index (χ2v) is 9.03. The predicted octanol–water partition coefficient (Wildman–Crippen LogP) is 7.46. The van der Waals surface area contributed by atoms with E-state index >= 15 is 0 Å². The van der Waals surface area contributed by atoms with Gasteiger partial charge in [0, 0.05) is 21.1 Å². The minimum absolute atomic E-state index is 0.114. The highest BCUT2D eigenvalue weighted by Gasteiger charge is 2.21. The molecule has 0 aliphatic heterocycles. The minimum atomic E-state index is -0.114. The van der Waals surface area contributed by atoms with E-state index in [9.17, 15) is 4.79 Å². The standard InChI is InChI=1S/C27H25BrN2O/c1-15-11-18(4)25-21(12-15)24(19(5)26(30-25)20-9-7-6-8-10-20)27(31)29-23-14-16(2)22(28)13-17(23)3/h6-14H,1-5H3,(H,29,31). The van der Waals surface area contributed by atoms with E-state index in [-0.39, 0.29) is 5.91 Å². The third kappa shape index (κ3) is 4.00. The summed E-state index contributed by atoms with van der Waals surface area (Å²) < 4.78 is 1.03. The molecule has 3 aromatic carbocycles. The maximum Gasteiger partial charge on any atom is 0.256 e. The molecule has 0 aliphatic carbocycles. The molecule has 1 N–H and O–H groups in total. The number of halogens is 1. The summed E-state index contributed by atoms with van der Waals surface area (Å²) in [7, 11) is 0. The molecule has 0 saturated heterocycles. The number of aromatic nitrogens is 1. The number of carbonyl (C=O) groups is 1. The van der Waals surface area contributed by atoms with Crippen molar-refractivity contribution in [3.05, 3.63) is 92.5 Å². The molecule has 4 heteroatoms. The maximum atomic E-state index is 13.7. The Bertz CT molecular complexity index is 1330. The Labute approximate surface area is 191 Å². The van der Waals surface area contributed by atoms with Gasteiger partial charge in [0.2, 0.25) is 0 Å². The Kier molecular flexibility index (Phi) is 5.67. The highest BCUT2D eigenvalue weighted by atomic mass is 79.9. The molecule has 31 heavy (non-hydrogen) atoms. The number of anilines is 1. The summed E-state index contributed by atoms with van der Waals surface area (Å²) in [5.74, 6) is -0.114. The van der Waals surface area contributed by atoms with E-state index in [1.54, 1.807) is 0 Å². The van der Waals surface area contributed by atoms with Crippen LogP contribution in [0.4, 0.5) is 5.69 Å². The van der Waals surface area contributed by atoms with Gasteiger partial charge in [0.1, 0.15) is 0 Å². The molecule has 0 spiro atoms. The Morgan fingerprint density at radius 3 is 2.29 bits per heavy atom. The monoisotopic (exact) mass is 472 g/mol. The SMILES string of the molecule is Cc1cc(C)c2nc(-c3ccccc3)c(C)c(C(=O)Nc3cc(C)c(Br)cc3C)c2c1. The van der Waals surface area contributed by atoms with E-state index in [1.807, 2.05) is 63.2 Å². The number of benzene rings is 3. The van der Waals surface area contributed by atoms with Gasteiger partial charge in [0.05, 0.1) is 16.8 Å². The van der Waals surface area contributed by atoms with Crippen molar-refractivity contribution in [2.24, 2.45) is 0 Å². The van der Waals surface area contributed by atoms with Gasteiger partial charge in [-0.3, -0.25) is 4.79 Å². The summed E-state index contributed by atoms with van der Waals surface area (Å²) in [5.41, 5.74) is 9.36. The van der Waals surface area contributed by atoms with Crippen LogP contribution < -0.4 is 5.32 Å². The molecular weight excluding hydrogens is 448 g/mol. The molecule has 4 rings (SSSR count). The van der Waals surface area contributed by atoms with Crippen LogP contribution >= 0.6 is 15.9 Å². The molecule has 1 amide bonds. The lowest BCUT2D eigenvalue weighted by Crippen LogP contribution is -2.16. The number of pyridine rings is 1. The average molecular weight is 473 g/mol. The van der Waals surface area contributed by atoms with Crippen molar-refractivity contribution in [3.63, 3.8) is 0 Å². The number of fused-ring (bicyclic) bond motifs is 1. The second kappa shape index (κ2) is 8.27. The summed E-state index contributed by atoms with van der Waals surface area (Å²) in [6.45, 7) is 10.1. The van der Waals surface area contributed by atoms with Crippen LogP contribution in [0.25, 0.3) is 22.2 Å². The molecule has 3 nitrogen and oxygen atoms in total. The number of aryl methyl sites for hydroxylation is 4. The summed E-state index contributed by atoms with van der Waals surface area (Å²) in [6, 6.07) is 18.3. The largest absolute Gasteiger partial charge is 0.322 e. The molecule has 156 valence electrons. The van der Waals surface area contributed by atoms with Crippen LogP contribution in [0, 0.1) is 34.6 Å². The van der Waals surface area contributed by atoms with Crippen LogP contribution in [0.3, 0.4) is 0 Å².